The maximum Gasteiger partial charge on any atom is 0.323 e. The predicted octanol–water partition coefficient (Wildman–Crippen LogP) is 1.29. The van der Waals surface area contributed by atoms with E-state index in [1.54, 1.807) is 14.0 Å². The number of aliphatic carboxylic acids is 1. The fraction of sp³-hybridized carbons (Fsp3) is 0.929. The summed E-state index contributed by atoms with van der Waals surface area (Å²) >= 11 is 0. The Morgan fingerprint density at radius 2 is 1.75 bits per heavy atom. The van der Waals surface area contributed by atoms with Gasteiger partial charge in [0.2, 0.25) is 0 Å². The molecule has 6 nitrogen and oxygen atoms in total. The van der Waals surface area contributed by atoms with Gasteiger partial charge in [-0.05, 0) is 32.7 Å². The van der Waals surface area contributed by atoms with E-state index in [1.807, 2.05) is 6.92 Å². The number of hydrogen-bond acceptors (Lipinski definition) is 5. The summed E-state index contributed by atoms with van der Waals surface area (Å²) in [6.07, 6.45) is 2.17. The topological polar surface area (TPSA) is 77.0 Å². The van der Waals surface area contributed by atoms with Crippen LogP contribution < -0.4 is 5.32 Å². The minimum absolute atomic E-state index is 0.524. The lowest BCUT2D eigenvalue weighted by atomic mass is 9.96. The summed E-state index contributed by atoms with van der Waals surface area (Å²) in [5, 5.41) is 12.3. The molecule has 0 aromatic carbocycles. The Hall–Kier alpha value is -0.690. The van der Waals surface area contributed by atoms with Crippen LogP contribution >= 0.6 is 0 Å². The van der Waals surface area contributed by atoms with Crippen LogP contribution in [0.3, 0.4) is 0 Å². The summed E-state index contributed by atoms with van der Waals surface area (Å²) in [5.74, 6) is -0.811. The molecule has 0 rings (SSSR count). The summed E-state index contributed by atoms with van der Waals surface area (Å²) in [7, 11) is 1.63. The third-order valence-corrected chi connectivity index (χ3v) is 3.01. The Bertz CT molecular complexity index is 250. The highest BCUT2D eigenvalue weighted by atomic mass is 16.5. The van der Waals surface area contributed by atoms with Crippen LogP contribution in [0.2, 0.25) is 0 Å². The molecule has 1 atom stereocenters. The average molecular weight is 291 g/mol. The molecule has 0 amide bonds. The zero-order valence-electron chi connectivity index (χ0n) is 12.9. The Morgan fingerprint density at radius 3 is 2.30 bits per heavy atom. The normalized spacial score (nSPS) is 14.2. The average Bonchev–Trinajstić information content (AvgIpc) is 2.43. The van der Waals surface area contributed by atoms with E-state index in [-0.39, 0.29) is 0 Å². The standard InChI is InChI=1S/C14H29NO5/c1-4-7-15-14(2,13(16)17)6-5-8-19-11-12-20-10-9-18-3/h15H,4-12H2,1-3H3,(H,16,17). The van der Waals surface area contributed by atoms with E-state index in [2.05, 4.69) is 5.32 Å². The van der Waals surface area contributed by atoms with Gasteiger partial charge in [-0.25, -0.2) is 0 Å². The van der Waals surface area contributed by atoms with Gasteiger partial charge in [-0.2, -0.15) is 0 Å². The minimum atomic E-state index is -0.867. The molecule has 1 unspecified atom stereocenters. The second kappa shape index (κ2) is 12.1. The van der Waals surface area contributed by atoms with Crippen molar-refractivity contribution in [3.05, 3.63) is 0 Å². The number of methoxy groups -OCH3 is 1. The van der Waals surface area contributed by atoms with Crippen LogP contribution in [-0.4, -0.2) is 63.3 Å². The number of carboxylic acid groups (broad SMARTS) is 1. The van der Waals surface area contributed by atoms with E-state index >= 15 is 0 Å². The van der Waals surface area contributed by atoms with Crippen molar-refractivity contribution in [1.29, 1.82) is 0 Å². The monoisotopic (exact) mass is 291 g/mol. The van der Waals surface area contributed by atoms with Crippen LogP contribution in [0.25, 0.3) is 0 Å². The first-order chi connectivity index (χ1) is 9.56. The lowest BCUT2D eigenvalue weighted by Gasteiger charge is -2.26. The van der Waals surface area contributed by atoms with Gasteiger partial charge in [0.1, 0.15) is 5.54 Å². The van der Waals surface area contributed by atoms with Crippen LogP contribution in [0.4, 0.5) is 0 Å². The van der Waals surface area contributed by atoms with E-state index in [0.717, 1.165) is 6.42 Å². The molecule has 20 heavy (non-hydrogen) atoms. The number of carboxylic acids is 1. The molecule has 0 aromatic heterocycles. The van der Waals surface area contributed by atoms with Crippen LogP contribution in [0.15, 0.2) is 0 Å². The Balaban J connectivity index is 3.61. The lowest BCUT2D eigenvalue weighted by Crippen LogP contribution is -2.49. The van der Waals surface area contributed by atoms with E-state index in [4.69, 9.17) is 14.2 Å². The molecule has 6 heteroatoms. The fourth-order valence-corrected chi connectivity index (χ4v) is 1.66. The van der Waals surface area contributed by atoms with Gasteiger partial charge in [0, 0.05) is 13.7 Å². The molecule has 2 N–H and O–H groups in total. The van der Waals surface area contributed by atoms with Gasteiger partial charge in [-0.1, -0.05) is 6.92 Å². The van der Waals surface area contributed by atoms with Crippen molar-refractivity contribution in [2.45, 2.75) is 38.6 Å². The predicted molar refractivity (Wildman–Crippen MR) is 77.1 cm³/mol. The highest BCUT2D eigenvalue weighted by Crippen LogP contribution is 2.13. The molecular formula is C14H29NO5. The molecule has 0 saturated carbocycles. The summed E-state index contributed by atoms with van der Waals surface area (Å²) in [5.41, 5.74) is -0.867. The van der Waals surface area contributed by atoms with Crippen molar-refractivity contribution < 1.29 is 24.1 Å². The van der Waals surface area contributed by atoms with E-state index in [1.165, 1.54) is 0 Å². The molecular weight excluding hydrogens is 262 g/mol. The van der Waals surface area contributed by atoms with Crippen molar-refractivity contribution in [2.75, 3.05) is 46.7 Å². The first kappa shape index (κ1) is 19.3. The number of carbonyl (C=O) groups is 1. The zero-order chi connectivity index (χ0) is 15.3. The highest BCUT2D eigenvalue weighted by molar-refractivity contribution is 5.78. The van der Waals surface area contributed by atoms with E-state index in [0.29, 0.717) is 52.4 Å². The van der Waals surface area contributed by atoms with Gasteiger partial charge in [0.25, 0.3) is 0 Å². The third-order valence-electron chi connectivity index (χ3n) is 3.01. The van der Waals surface area contributed by atoms with Gasteiger partial charge in [0.05, 0.1) is 26.4 Å². The molecule has 0 aliphatic rings. The van der Waals surface area contributed by atoms with E-state index in [9.17, 15) is 9.90 Å². The Labute approximate surface area is 121 Å². The van der Waals surface area contributed by atoms with Gasteiger partial charge < -0.3 is 24.6 Å². The highest BCUT2D eigenvalue weighted by Gasteiger charge is 2.31. The Kier molecular flexibility index (Phi) is 11.7. The minimum Gasteiger partial charge on any atom is -0.480 e. The second-order valence-electron chi connectivity index (χ2n) is 4.89. The van der Waals surface area contributed by atoms with Crippen molar-refractivity contribution in [3.8, 4) is 0 Å². The molecule has 0 aliphatic carbocycles. The molecule has 0 saturated heterocycles. The SMILES string of the molecule is CCCNC(C)(CCCOCCOCCOC)C(=O)O. The summed E-state index contributed by atoms with van der Waals surface area (Å²) in [4.78, 5) is 11.3. The van der Waals surface area contributed by atoms with Gasteiger partial charge in [0.15, 0.2) is 0 Å². The van der Waals surface area contributed by atoms with Crippen molar-refractivity contribution in [2.24, 2.45) is 0 Å². The summed E-state index contributed by atoms with van der Waals surface area (Å²) in [6.45, 7) is 7.20. The number of ether oxygens (including phenoxy) is 3. The number of hydrogen-bond donors (Lipinski definition) is 2. The zero-order valence-corrected chi connectivity index (χ0v) is 12.9. The molecule has 0 fully saturated rings. The van der Waals surface area contributed by atoms with Crippen molar-refractivity contribution >= 4 is 5.97 Å². The number of nitrogens with one attached hydrogen (secondary N) is 1. The van der Waals surface area contributed by atoms with Crippen molar-refractivity contribution in [1.82, 2.24) is 5.32 Å². The molecule has 0 bridgehead atoms. The lowest BCUT2D eigenvalue weighted by molar-refractivity contribution is -0.144. The summed E-state index contributed by atoms with van der Waals surface area (Å²) < 4.78 is 15.5. The van der Waals surface area contributed by atoms with Crippen LogP contribution in [0.5, 0.6) is 0 Å². The van der Waals surface area contributed by atoms with Gasteiger partial charge in [-0.3, -0.25) is 4.79 Å². The molecule has 0 radical (unpaired) electrons. The smallest absolute Gasteiger partial charge is 0.323 e. The first-order valence-electron chi connectivity index (χ1n) is 7.19. The van der Waals surface area contributed by atoms with Crippen LogP contribution in [0, 0.1) is 0 Å². The molecule has 0 aliphatic heterocycles. The maximum atomic E-state index is 11.3. The number of rotatable bonds is 14. The van der Waals surface area contributed by atoms with Crippen LogP contribution in [-0.2, 0) is 19.0 Å². The van der Waals surface area contributed by atoms with Gasteiger partial charge >= 0.3 is 5.97 Å². The third kappa shape index (κ3) is 9.25. The van der Waals surface area contributed by atoms with Gasteiger partial charge in [-0.15, -0.1) is 0 Å². The molecule has 120 valence electrons. The maximum absolute atomic E-state index is 11.3. The largest absolute Gasteiger partial charge is 0.480 e. The molecule has 0 aromatic rings. The molecule has 0 spiro atoms. The fourth-order valence-electron chi connectivity index (χ4n) is 1.66. The molecule has 0 heterocycles. The quantitative estimate of drug-likeness (QED) is 0.470. The van der Waals surface area contributed by atoms with Crippen molar-refractivity contribution in [3.63, 3.8) is 0 Å². The summed E-state index contributed by atoms with van der Waals surface area (Å²) in [6, 6.07) is 0. The second-order valence-corrected chi connectivity index (χ2v) is 4.89. The first-order valence-corrected chi connectivity index (χ1v) is 7.19. The Morgan fingerprint density at radius 1 is 1.15 bits per heavy atom. The van der Waals surface area contributed by atoms with Crippen LogP contribution in [0.1, 0.15) is 33.1 Å². The van der Waals surface area contributed by atoms with E-state index < -0.39 is 11.5 Å².